The molecule has 0 aliphatic carbocycles. The van der Waals surface area contributed by atoms with E-state index in [-0.39, 0.29) is 12.0 Å². The molecular weight excluding hydrogens is 248 g/mol. The second-order valence-electron chi connectivity index (χ2n) is 4.75. The quantitative estimate of drug-likeness (QED) is 0.813. The van der Waals surface area contributed by atoms with Crippen LogP contribution in [-0.4, -0.2) is 46.2 Å². The summed E-state index contributed by atoms with van der Waals surface area (Å²) in [4.78, 5) is 17.8. The van der Waals surface area contributed by atoms with Crippen molar-refractivity contribution >= 4 is 5.91 Å². The van der Waals surface area contributed by atoms with Crippen molar-refractivity contribution in [3.63, 3.8) is 0 Å². The van der Waals surface area contributed by atoms with Crippen LogP contribution in [0.2, 0.25) is 0 Å². The van der Waals surface area contributed by atoms with E-state index in [0.717, 1.165) is 12.8 Å². The lowest BCUT2D eigenvalue weighted by Gasteiger charge is -2.37. The summed E-state index contributed by atoms with van der Waals surface area (Å²) in [5.74, 6) is 0.836. The van der Waals surface area contributed by atoms with Crippen molar-refractivity contribution in [3.05, 3.63) is 11.7 Å². The largest absolute Gasteiger partial charge is 0.375 e. The van der Waals surface area contributed by atoms with Crippen LogP contribution in [0.15, 0.2) is 4.52 Å². The molecule has 0 spiro atoms. The molecule has 1 aromatic heterocycles. The molecule has 2 N–H and O–H groups in total. The van der Waals surface area contributed by atoms with Crippen molar-refractivity contribution in [1.29, 1.82) is 0 Å². The standard InChI is InChI=1S/C12H20N4O3/c1-3-4-10-14-9(15-19-10)7-16-5-6-18-8(2)11(16)12(13)17/h8,11H,3-7H2,1-2H3,(H2,13,17)/t8-,11+/m1/s1. The van der Waals surface area contributed by atoms with E-state index in [1.54, 1.807) is 0 Å². The molecular formula is C12H20N4O3. The predicted octanol–water partition coefficient (Wildman–Crippen LogP) is 0.0967. The second kappa shape index (κ2) is 6.12. The molecule has 1 saturated heterocycles. The van der Waals surface area contributed by atoms with E-state index in [2.05, 4.69) is 17.1 Å². The highest BCUT2D eigenvalue weighted by Crippen LogP contribution is 2.16. The zero-order chi connectivity index (χ0) is 13.8. The maximum atomic E-state index is 11.5. The number of carbonyl (C=O) groups is 1. The van der Waals surface area contributed by atoms with Gasteiger partial charge in [-0.25, -0.2) is 0 Å². The highest BCUT2D eigenvalue weighted by Gasteiger charge is 2.34. The smallest absolute Gasteiger partial charge is 0.237 e. The van der Waals surface area contributed by atoms with Gasteiger partial charge in [-0.05, 0) is 13.3 Å². The molecule has 7 nitrogen and oxygen atoms in total. The van der Waals surface area contributed by atoms with E-state index in [1.165, 1.54) is 0 Å². The fourth-order valence-corrected chi connectivity index (χ4v) is 2.32. The average molecular weight is 268 g/mol. The van der Waals surface area contributed by atoms with Crippen LogP contribution in [0.25, 0.3) is 0 Å². The first kappa shape index (κ1) is 14.0. The third-order valence-electron chi connectivity index (χ3n) is 3.21. The highest BCUT2D eigenvalue weighted by molar-refractivity contribution is 5.80. The van der Waals surface area contributed by atoms with Gasteiger partial charge >= 0.3 is 0 Å². The molecule has 1 fully saturated rings. The molecule has 0 unspecified atom stereocenters. The van der Waals surface area contributed by atoms with Crippen molar-refractivity contribution in [3.8, 4) is 0 Å². The van der Waals surface area contributed by atoms with Gasteiger partial charge < -0.3 is 15.0 Å². The highest BCUT2D eigenvalue weighted by atomic mass is 16.5. The van der Waals surface area contributed by atoms with E-state index in [0.29, 0.717) is 31.4 Å². The number of ether oxygens (including phenoxy) is 1. The Morgan fingerprint density at radius 1 is 1.58 bits per heavy atom. The second-order valence-corrected chi connectivity index (χ2v) is 4.75. The summed E-state index contributed by atoms with van der Waals surface area (Å²) in [6, 6.07) is -0.443. The molecule has 0 aromatic carbocycles. The van der Waals surface area contributed by atoms with Gasteiger partial charge in [0.2, 0.25) is 11.8 Å². The molecule has 0 saturated carbocycles. The molecule has 7 heteroatoms. The van der Waals surface area contributed by atoms with Gasteiger partial charge in [0.25, 0.3) is 0 Å². The zero-order valence-corrected chi connectivity index (χ0v) is 11.3. The number of primary amides is 1. The first-order valence-electron chi connectivity index (χ1n) is 6.58. The Morgan fingerprint density at radius 3 is 3.05 bits per heavy atom. The summed E-state index contributed by atoms with van der Waals surface area (Å²) < 4.78 is 10.6. The van der Waals surface area contributed by atoms with Crippen LogP contribution in [-0.2, 0) is 22.5 Å². The fourth-order valence-electron chi connectivity index (χ4n) is 2.32. The molecule has 1 aliphatic heterocycles. The number of nitrogens with two attached hydrogens (primary N) is 1. The van der Waals surface area contributed by atoms with Crippen LogP contribution in [0.3, 0.4) is 0 Å². The predicted molar refractivity (Wildman–Crippen MR) is 67.1 cm³/mol. The van der Waals surface area contributed by atoms with E-state index >= 15 is 0 Å². The van der Waals surface area contributed by atoms with Gasteiger partial charge in [0.05, 0.1) is 19.3 Å². The van der Waals surface area contributed by atoms with Crippen LogP contribution in [0.5, 0.6) is 0 Å². The van der Waals surface area contributed by atoms with Gasteiger partial charge in [-0.2, -0.15) is 4.98 Å². The van der Waals surface area contributed by atoms with Crippen molar-refractivity contribution in [1.82, 2.24) is 15.0 Å². The summed E-state index contributed by atoms with van der Waals surface area (Å²) >= 11 is 0. The first-order chi connectivity index (χ1) is 9.11. The van der Waals surface area contributed by atoms with Crippen LogP contribution < -0.4 is 5.73 Å². The Morgan fingerprint density at radius 2 is 2.37 bits per heavy atom. The molecule has 0 bridgehead atoms. The molecule has 1 amide bonds. The van der Waals surface area contributed by atoms with Crippen molar-refractivity contribution in [2.75, 3.05) is 13.2 Å². The number of hydrogen-bond acceptors (Lipinski definition) is 6. The molecule has 1 aliphatic rings. The Bertz CT molecular complexity index is 434. The van der Waals surface area contributed by atoms with Gasteiger partial charge in [-0.3, -0.25) is 9.69 Å². The lowest BCUT2D eigenvalue weighted by Crippen LogP contribution is -2.56. The van der Waals surface area contributed by atoms with Crippen molar-refractivity contribution in [2.24, 2.45) is 5.73 Å². The third kappa shape index (κ3) is 3.30. The summed E-state index contributed by atoms with van der Waals surface area (Å²) in [6.45, 7) is 5.56. The lowest BCUT2D eigenvalue weighted by molar-refractivity contribution is -0.136. The summed E-state index contributed by atoms with van der Waals surface area (Å²) in [7, 11) is 0. The zero-order valence-electron chi connectivity index (χ0n) is 11.3. The van der Waals surface area contributed by atoms with Crippen LogP contribution >= 0.6 is 0 Å². The third-order valence-corrected chi connectivity index (χ3v) is 3.21. The van der Waals surface area contributed by atoms with E-state index in [4.69, 9.17) is 15.0 Å². The van der Waals surface area contributed by atoms with Crippen molar-refractivity contribution in [2.45, 2.75) is 45.4 Å². The summed E-state index contributed by atoms with van der Waals surface area (Å²) in [5, 5.41) is 3.93. The van der Waals surface area contributed by atoms with Gasteiger partial charge in [-0.15, -0.1) is 0 Å². The number of carbonyl (C=O) groups excluding carboxylic acids is 1. The minimum Gasteiger partial charge on any atom is -0.375 e. The van der Waals surface area contributed by atoms with Gasteiger partial charge in [-0.1, -0.05) is 12.1 Å². The Balaban J connectivity index is 2.04. The molecule has 2 rings (SSSR count). The lowest BCUT2D eigenvalue weighted by atomic mass is 10.1. The van der Waals surface area contributed by atoms with Crippen LogP contribution in [0.1, 0.15) is 32.0 Å². The Kier molecular flexibility index (Phi) is 4.49. The normalized spacial score (nSPS) is 24.5. The van der Waals surface area contributed by atoms with Crippen LogP contribution in [0, 0.1) is 0 Å². The average Bonchev–Trinajstić information content (AvgIpc) is 2.76. The summed E-state index contributed by atoms with van der Waals surface area (Å²) in [5.41, 5.74) is 5.43. The molecule has 19 heavy (non-hydrogen) atoms. The van der Waals surface area contributed by atoms with E-state index in [1.807, 2.05) is 11.8 Å². The van der Waals surface area contributed by atoms with E-state index in [9.17, 15) is 4.79 Å². The number of nitrogens with zero attached hydrogens (tertiary/aromatic N) is 3. The topological polar surface area (TPSA) is 94.5 Å². The first-order valence-corrected chi connectivity index (χ1v) is 6.58. The van der Waals surface area contributed by atoms with Gasteiger partial charge in [0.15, 0.2) is 5.82 Å². The SMILES string of the molecule is CCCc1nc(CN2CCO[C@H](C)[C@H]2C(N)=O)no1. The maximum absolute atomic E-state index is 11.5. The minimum atomic E-state index is -0.443. The number of hydrogen-bond donors (Lipinski definition) is 1. The number of rotatable bonds is 5. The van der Waals surface area contributed by atoms with Crippen LogP contribution in [0.4, 0.5) is 0 Å². The fraction of sp³-hybridized carbons (Fsp3) is 0.750. The Hall–Kier alpha value is -1.47. The molecule has 2 atom stereocenters. The number of morpholine rings is 1. The maximum Gasteiger partial charge on any atom is 0.237 e. The summed E-state index contributed by atoms with van der Waals surface area (Å²) in [6.07, 6.45) is 1.51. The van der Waals surface area contributed by atoms with Gasteiger partial charge in [0.1, 0.15) is 6.04 Å². The molecule has 106 valence electrons. The molecule has 1 aromatic rings. The molecule has 0 radical (unpaired) electrons. The minimum absolute atomic E-state index is 0.215. The molecule has 2 heterocycles. The monoisotopic (exact) mass is 268 g/mol. The number of aryl methyl sites for hydroxylation is 1. The van der Waals surface area contributed by atoms with Crippen molar-refractivity contribution < 1.29 is 14.1 Å². The number of aromatic nitrogens is 2. The van der Waals surface area contributed by atoms with E-state index < -0.39 is 6.04 Å². The number of amides is 1. The Labute approximate surface area is 112 Å². The van der Waals surface area contributed by atoms with Gasteiger partial charge in [0, 0.05) is 13.0 Å².